The van der Waals surface area contributed by atoms with Crippen LogP contribution < -0.4 is 9.47 Å². The van der Waals surface area contributed by atoms with Gasteiger partial charge in [-0.05, 0) is 105 Å². The fraction of sp³-hybridized carbons (Fsp3) is 0.0769. The van der Waals surface area contributed by atoms with E-state index in [0.29, 0.717) is 33.8 Å². The van der Waals surface area contributed by atoms with Crippen molar-refractivity contribution in [1.29, 1.82) is 0 Å². The Bertz CT molecular complexity index is 1950. The second-order valence-corrected chi connectivity index (χ2v) is 9.82. The molecule has 0 aliphatic carbocycles. The van der Waals surface area contributed by atoms with Crippen LogP contribution in [0, 0.1) is 35.5 Å². The van der Waals surface area contributed by atoms with E-state index in [1.54, 1.807) is 80.6 Å². The van der Waals surface area contributed by atoms with Crippen LogP contribution >= 0.6 is 0 Å². The predicted octanol–water partition coefficient (Wildman–Crippen LogP) is 7.79. The molecule has 0 amide bonds. The van der Waals surface area contributed by atoms with Gasteiger partial charge in [0.25, 0.3) is 6.43 Å². The lowest BCUT2D eigenvalue weighted by molar-refractivity contribution is -0.130. The summed E-state index contributed by atoms with van der Waals surface area (Å²) in [6, 6.07) is 25.0. The minimum atomic E-state index is -2.74. The fourth-order valence-electron chi connectivity index (χ4n) is 3.60. The maximum atomic E-state index is 13.9. The van der Waals surface area contributed by atoms with Crippen LogP contribution in [0.1, 0.15) is 59.2 Å². The van der Waals surface area contributed by atoms with E-state index in [9.17, 15) is 18.4 Å². The Kier molecular flexibility index (Phi) is 10.5. The van der Waals surface area contributed by atoms with Gasteiger partial charge in [0.15, 0.2) is 0 Å². The second-order valence-electron chi connectivity index (χ2n) is 9.82. The van der Waals surface area contributed by atoms with Crippen molar-refractivity contribution in [2.24, 2.45) is 0 Å². The number of esters is 2. The molecule has 4 rings (SSSR count). The monoisotopic (exact) mass is 596 g/mol. The first kappa shape index (κ1) is 31.8. The van der Waals surface area contributed by atoms with Crippen LogP contribution in [0.4, 0.5) is 8.78 Å². The Morgan fingerprint density at radius 1 is 0.556 bits per heavy atom. The van der Waals surface area contributed by atoms with Crippen molar-refractivity contribution in [2.75, 3.05) is 0 Å². The van der Waals surface area contributed by atoms with Gasteiger partial charge in [0.05, 0.1) is 0 Å². The van der Waals surface area contributed by atoms with Gasteiger partial charge < -0.3 is 9.47 Å². The predicted molar refractivity (Wildman–Crippen MR) is 170 cm³/mol. The highest BCUT2D eigenvalue weighted by molar-refractivity contribution is 5.89. The Labute approximate surface area is 261 Å². The lowest BCUT2D eigenvalue weighted by Gasteiger charge is -2.04. The summed E-state index contributed by atoms with van der Waals surface area (Å²) in [5.41, 5.74) is 3.78. The molecule has 6 heteroatoms. The van der Waals surface area contributed by atoms with Gasteiger partial charge in [0, 0.05) is 50.1 Å². The molecule has 0 unspecified atom stereocenters. The van der Waals surface area contributed by atoms with E-state index in [1.807, 2.05) is 12.1 Å². The average Bonchev–Trinajstić information content (AvgIpc) is 3.03. The first-order chi connectivity index (χ1) is 21.6. The molecule has 0 heterocycles. The molecular weight excluding hydrogens is 570 g/mol. The summed E-state index contributed by atoms with van der Waals surface area (Å²) in [4.78, 5) is 23.3. The van der Waals surface area contributed by atoms with Crippen LogP contribution in [0.2, 0.25) is 0 Å². The fourth-order valence-corrected chi connectivity index (χ4v) is 3.60. The highest BCUT2D eigenvalue weighted by atomic mass is 19.3. The topological polar surface area (TPSA) is 52.6 Å². The second kappa shape index (κ2) is 14.8. The molecular formula is C39H26F2O4. The molecule has 0 saturated carbocycles. The van der Waals surface area contributed by atoms with Gasteiger partial charge in [-0.2, -0.15) is 0 Å². The summed E-state index contributed by atoms with van der Waals surface area (Å²) >= 11 is 0. The Morgan fingerprint density at radius 3 is 1.27 bits per heavy atom. The quantitative estimate of drug-likeness (QED) is 0.102. The van der Waals surface area contributed by atoms with Crippen molar-refractivity contribution in [3.63, 3.8) is 0 Å². The number of benzene rings is 4. The Morgan fingerprint density at radius 2 is 0.889 bits per heavy atom. The maximum Gasteiger partial charge on any atom is 0.338 e. The first-order valence-electron chi connectivity index (χ1n) is 13.6. The number of alkyl halides is 2. The number of ether oxygens (including phenoxy) is 2. The van der Waals surface area contributed by atoms with E-state index in [4.69, 9.17) is 9.47 Å². The molecule has 45 heavy (non-hydrogen) atoms. The third-order valence-corrected chi connectivity index (χ3v) is 6.04. The van der Waals surface area contributed by atoms with Crippen molar-refractivity contribution >= 4 is 11.9 Å². The van der Waals surface area contributed by atoms with Crippen LogP contribution in [-0.2, 0) is 9.59 Å². The van der Waals surface area contributed by atoms with E-state index in [1.165, 1.54) is 12.1 Å². The van der Waals surface area contributed by atoms with Crippen molar-refractivity contribution in [3.8, 4) is 47.0 Å². The molecule has 0 fully saturated rings. The molecule has 4 aromatic rings. The zero-order chi connectivity index (χ0) is 32.3. The van der Waals surface area contributed by atoms with Gasteiger partial charge in [0.1, 0.15) is 11.5 Å². The molecule has 0 bridgehead atoms. The average molecular weight is 597 g/mol. The van der Waals surface area contributed by atoms with Gasteiger partial charge in [-0.15, -0.1) is 0 Å². The number of hydrogen-bond donors (Lipinski definition) is 0. The number of rotatable bonds is 5. The van der Waals surface area contributed by atoms with Gasteiger partial charge >= 0.3 is 11.9 Å². The SMILES string of the molecule is C=C(C)C(=O)Oc1ccc(C#Cc2ccc(C#Cc3ccc(C#Cc4ccc(OC(=O)C(=C)C)cc4)c(C(F)F)c3)cc2)cc1. The zero-order valence-electron chi connectivity index (χ0n) is 24.5. The van der Waals surface area contributed by atoms with Crippen molar-refractivity contribution < 1.29 is 27.8 Å². The highest BCUT2D eigenvalue weighted by Crippen LogP contribution is 2.24. The van der Waals surface area contributed by atoms with Crippen LogP contribution in [0.3, 0.4) is 0 Å². The van der Waals surface area contributed by atoms with Crippen molar-refractivity contribution in [3.05, 3.63) is 154 Å². The summed E-state index contributed by atoms with van der Waals surface area (Å²) in [6.07, 6.45) is -2.74. The molecule has 4 aromatic carbocycles. The summed E-state index contributed by atoms with van der Waals surface area (Å²) in [7, 11) is 0. The highest BCUT2D eigenvalue weighted by Gasteiger charge is 2.12. The largest absolute Gasteiger partial charge is 0.423 e. The van der Waals surface area contributed by atoms with E-state index in [2.05, 4.69) is 48.7 Å². The summed E-state index contributed by atoms with van der Waals surface area (Å²) in [5, 5.41) is 0. The molecule has 0 N–H and O–H groups in total. The molecule has 0 aromatic heterocycles. The van der Waals surface area contributed by atoms with E-state index >= 15 is 0 Å². The molecule has 4 nitrogen and oxygen atoms in total. The smallest absolute Gasteiger partial charge is 0.338 e. The third kappa shape index (κ3) is 9.42. The van der Waals surface area contributed by atoms with Crippen LogP contribution in [-0.4, -0.2) is 11.9 Å². The zero-order valence-corrected chi connectivity index (χ0v) is 24.5. The lowest BCUT2D eigenvalue weighted by Crippen LogP contribution is -2.07. The molecule has 0 spiro atoms. The molecule has 0 atom stereocenters. The normalized spacial score (nSPS) is 9.80. The van der Waals surface area contributed by atoms with E-state index in [-0.39, 0.29) is 16.7 Å². The molecule has 220 valence electrons. The number of carbonyl (C=O) groups excluding carboxylic acids is 2. The number of hydrogen-bond acceptors (Lipinski definition) is 4. The molecule has 0 aliphatic rings. The number of halogens is 2. The van der Waals surface area contributed by atoms with Crippen LogP contribution in [0.25, 0.3) is 0 Å². The lowest BCUT2D eigenvalue weighted by atomic mass is 10.0. The Balaban J connectivity index is 1.42. The van der Waals surface area contributed by atoms with Gasteiger partial charge in [0.2, 0.25) is 0 Å². The number of carbonyl (C=O) groups is 2. The standard InChI is InChI=1S/C39H26F2O4/c1-26(2)38(42)44-34-21-15-30(16-22-34)10-9-28-5-7-29(8-6-28)11-12-32-14-20-33(36(25-32)37(40)41)19-13-31-17-23-35(24-18-31)45-39(43)27(3)4/h5-8,14-18,20-25,37H,1,3H2,2,4H3. The van der Waals surface area contributed by atoms with Crippen molar-refractivity contribution in [1.82, 2.24) is 0 Å². The van der Waals surface area contributed by atoms with E-state index < -0.39 is 18.4 Å². The first-order valence-corrected chi connectivity index (χ1v) is 13.6. The molecule has 0 radical (unpaired) electrons. The summed E-state index contributed by atoms with van der Waals surface area (Å²) in [6.45, 7) is 10.2. The van der Waals surface area contributed by atoms with Gasteiger partial charge in [-0.1, -0.05) is 48.7 Å². The summed E-state index contributed by atoms with van der Waals surface area (Å²) in [5.74, 6) is 17.4. The summed E-state index contributed by atoms with van der Waals surface area (Å²) < 4.78 is 38.1. The molecule has 0 saturated heterocycles. The minimum absolute atomic E-state index is 0.193. The van der Waals surface area contributed by atoms with Crippen LogP contribution in [0.5, 0.6) is 11.5 Å². The third-order valence-electron chi connectivity index (χ3n) is 6.04. The van der Waals surface area contributed by atoms with Crippen LogP contribution in [0.15, 0.2) is 115 Å². The maximum absolute atomic E-state index is 13.9. The van der Waals surface area contributed by atoms with Crippen molar-refractivity contribution in [2.45, 2.75) is 20.3 Å². The van der Waals surface area contributed by atoms with Gasteiger partial charge in [-0.25, -0.2) is 18.4 Å². The Hall–Kier alpha value is -6.16. The minimum Gasteiger partial charge on any atom is -0.423 e. The van der Waals surface area contributed by atoms with E-state index in [0.717, 1.165) is 11.1 Å². The molecule has 0 aliphatic heterocycles. The van der Waals surface area contributed by atoms with Gasteiger partial charge in [-0.3, -0.25) is 0 Å².